The molecule has 0 saturated carbocycles. The minimum Gasteiger partial charge on any atom is -0.466 e. The highest BCUT2D eigenvalue weighted by Crippen LogP contribution is 1.88. The minimum atomic E-state index is -0.315. The van der Waals surface area contributed by atoms with E-state index in [1.54, 1.807) is 6.92 Å². The molecule has 0 saturated heterocycles. The van der Waals surface area contributed by atoms with Crippen molar-refractivity contribution in [3.63, 3.8) is 0 Å². The highest BCUT2D eigenvalue weighted by molar-refractivity contribution is 5.69. The summed E-state index contributed by atoms with van der Waals surface area (Å²) in [6.45, 7) is 6.20. The topological polar surface area (TPSA) is 80.3 Å². The van der Waals surface area contributed by atoms with Crippen molar-refractivity contribution in [3.05, 3.63) is 0 Å². The molecule has 0 rings (SSSR count). The molecule has 0 N–H and O–H groups in total. The zero-order valence-corrected chi connectivity index (χ0v) is 12.2. The SMILES string of the molecule is CCOC(=O)CCOCCOCCOCCOC(C)=O. The van der Waals surface area contributed by atoms with Gasteiger partial charge in [0.05, 0.1) is 52.7 Å². The zero-order valence-electron chi connectivity index (χ0n) is 12.2. The van der Waals surface area contributed by atoms with E-state index in [1.807, 2.05) is 0 Å². The van der Waals surface area contributed by atoms with Crippen molar-refractivity contribution in [1.82, 2.24) is 0 Å². The first-order valence-corrected chi connectivity index (χ1v) is 6.69. The van der Waals surface area contributed by atoms with Crippen LogP contribution in [0.2, 0.25) is 0 Å². The van der Waals surface area contributed by atoms with Crippen LogP contribution in [0, 0.1) is 0 Å². The highest BCUT2D eigenvalue weighted by atomic mass is 16.6. The number of carbonyl (C=O) groups is 2. The van der Waals surface area contributed by atoms with E-state index < -0.39 is 0 Å². The van der Waals surface area contributed by atoms with Crippen LogP contribution < -0.4 is 0 Å². The Morgan fingerprint density at radius 3 is 1.75 bits per heavy atom. The van der Waals surface area contributed by atoms with Crippen LogP contribution in [0.1, 0.15) is 20.3 Å². The zero-order chi connectivity index (χ0) is 15.1. The Labute approximate surface area is 119 Å². The molecule has 0 heterocycles. The summed E-state index contributed by atoms with van der Waals surface area (Å²) in [7, 11) is 0. The molecule has 0 aromatic rings. The molecule has 0 atom stereocenters. The fraction of sp³-hybridized carbons (Fsp3) is 0.846. The molecule has 0 amide bonds. The van der Waals surface area contributed by atoms with Crippen molar-refractivity contribution in [2.45, 2.75) is 20.3 Å². The first-order valence-electron chi connectivity index (χ1n) is 6.69. The molecule has 7 heteroatoms. The molecule has 0 bridgehead atoms. The quantitative estimate of drug-likeness (QED) is 0.362. The van der Waals surface area contributed by atoms with Crippen LogP contribution in [0.5, 0.6) is 0 Å². The van der Waals surface area contributed by atoms with E-state index >= 15 is 0 Å². The lowest BCUT2D eigenvalue weighted by molar-refractivity contribution is -0.145. The van der Waals surface area contributed by atoms with Gasteiger partial charge in [-0.25, -0.2) is 0 Å². The predicted octanol–water partition coefficient (Wildman–Crippen LogP) is 0.552. The second-order valence-corrected chi connectivity index (χ2v) is 3.73. The van der Waals surface area contributed by atoms with Crippen LogP contribution in [-0.4, -0.2) is 64.8 Å². The third-order valence-electron chi connectivity index (χ3n) is 2.03. The van der Waals surface area contributed by atoms with Crippen LogP contribution >= 0.6 is 0 Å². The smallest absolute Gasteiger partial charge is 0.308 e. The Bertz CT molecular complexity index is 255. The largest absolute Gasteiger partial charge is 0.466 e. The number of hydrogen-bond acceptors (Lipinski definition) is 7. The molecule has 7 nitrogen and oxygen atoms in total. The summed E-state index contributed by atoms with van der Waals surface area (Å²) in [6, 6.07) is 0. The van der Waals surface area contributed by atoms with Crippen molar-refractivity contribution in [1.29, 1.82) is 0 Å². The van der Waals surface area contributed by atoms with Gasteiger partial charge in [0, 0.05) is 6.92 Å². The van der Waals surface area contributed by atoms with Crippen LogP contribution in [0.25, 0.3) is 0 Å². The number of ether oxygens (including phenoxy) is 5. The third kappa shape index (κ3) is 14.9. The van der Waals surface area contributed by atoms with Crippen molar-refractivity contribution in [2.75, 3.05) is 52.9 Å². The summed E-state index contributed by atoms with van der Waals surface area (Å²) in [4.78, 5) is 21.4. The lowest BCUT2D eigenvalue weighted by Gasteiger charge is -2.07. The normalized spacial score (nSPS) is 10.3. The fourth-order valence-electron chi connectivity index (χ4n) is 1.17. The van der Waals surface area contributed by atoms with Crippen molar-refractivity contribution >= 4 is 11.9 Å². The highest BCUT2D eigenvalue weighted by Gasteiger charge is 2.00. The van der Waals surface area contributed by atoms with E-state index in [-0.39, 0.29) is 25.0 Å². The van der Waals surface area contributed by atoms with Crippen LogP contribution in [-0.2, 0) is 33.3 Å². The molecule has 0 spiro atoms. The van der Waals surface area contributed by atoms with Gasteiger partial charge in [-0.3, -0.25) is 9.59 Å². The maximum Gasteiger partial charge on any atom is 0.308 e. The Balaban J connectivity index is 3.06. The lowest BCUT2D eigenvalue weighted by Crippen LogP contribution is -2.14. The van der Waals surface area contributed by atoms with E-state index in [0.29, 0.717) is 46.2 Å². The van der Waals surface area contributed by atoms with E-state index in [1.165, 1.54) is 6.92 Å². The van der Waals surface area contributed by atoms with Gasteiger partial charge in [-0.2, -0.15) is 0 Å². The average molecular weight is 292 g/mol. The van der Waals surface area contributed by atoms with Gasteiger partial charge in [0.15, 0.2) is 0 Å². The number of hydrogen-bond donors (Lipinski definition) is 0. The van der Waals surface area contributed by atoms with E-state index in [9.17, 15) is 9.59 Å². The average Bonchev–Trinajstić information content (AvgIpc) is 2.40. The molecule has 0 radical (unpaired) electrons. The van der Waals surface area contributed by atoms with Gasteiger partial charge in [-0.05, 0) is 6.92 Å². The number of rotatable bonds is 13. The summed E-state index contributed by atoms with van der Waals surface area (Å²) >= 11 is 0. The maximum atomic E-state index is 11.0. The minimum absolute atomic E-state index is 0.255. The number of carbonyl (C=O) groups excluding carboxylic acids is 2. The Kier molecular flexibility index (Phi) is 13.4. The Morgan fingerprint density at radius 2 is 1.25 bits per heavy atom. The van der Waals surface area contributed by atoms with Gasteiger partial charge in [0.25, 0.3) is 0 Å². The second kappa shape index (κ2) is 14.2. The third-order valence-corrected chi connectivity index (χ3v) is 2.03. The van der Waals surface area contributed by atoms with E-state index in [0.717, 1.165) is 0 Å². The summed E-state index contributed by atoms with van der Waals surface area (Å²) in [5.74, 6) is -0.570. The predicted molar refractivity (Wildman–Crippen MR) is 70.3 cm³/mol. The van der Waals surface area contributed by atoms with Gasteiger partial charge in [0.1, 0.15) is 6.61 Å². The molecule has 118 valence electrons. The van der Waals surface area contributed by atoms with Crippen molar-refractivity contribution in [2.24, 2.45) is 0 Å². The molecular weight excluding hydrogens is 268 g/mol. The Morgan fingerprint density at radius 1 is 0.750 bits per heavy atom. The molecule has 0 aliphatic heterocycles. The van der Waals surface area contributed by atoms with E-state index in [4.69, 9.17) is 18.9 Å². The number of esters is 2. The fourth-order valence-corrected chi connectivity index (χ4v) is 1.17. The lowest BCUT2D eigenvalue weighted by atomic mass is 10.5. The second-order valence-electron chi connectivity index (χ2n) is 3.73. The summed E-state index contributed by atoms with van der Waals surface area (Å²) < 4.78 is 25.0. The maximum absolute atomic E-state index is 11.0. The molecule has 0 unspecified atom stereocenters. The van der Waals surface area contributed by atoms with Gasteiger partial charge in [-0.15, -0.1) is 0 Å². The summed E-state index contributed by atoms with van der Waals surface area (Å²) in [5, 5.41) is 0. The molecule has 0 aliphatic carbocycles. The van der Waals surface area contributed by atoms with Crippen LogP contribution in [0.4, 0.5) is 0 Å². The molecular formula is C13H24O7. The molecule has 20 heavy (non-hydrogen) atoms. The van der Waals surface area contributed by atoms with Gasteiger partial charge < -0.3 is 23.7 Å². The molecule has 0 aliphatic rings. The first kappa shape index (κ1) is 18.8. The summed E-state index contributed by atoms with van der Waals surface area (Å²) in [6.07, 6.45) is 0.257. The first-order chi connectivity index (χ1) is 9.66. The standard InChI is InChI=1S/C13H24O7/c1-3-19-13(15)4-5-16-6-7-17-8-9-18-10-11-20-12(2)14/h3-11H2,1-2H3. The monoisotopic (exact) mass is 292 g/mol. The van der Waals surface area contributed by atoms with Gasteiger partial charge >= 0.3 is 11.9 Å². The molecule has 0 fully saturated rings. The Hall–Kier alpha value is -1.18. The van der Waals surface area contributed by atoms with Gasteiger partial charge in [-0.1, -0.05) is 0 Å². The van der Waals surface area contributed by atoms with Crippen molar-refractivity contribution in [3.8, 4) is 0 Å². The van der Waals surface area contributed by atoms with Crippen LogP contribution in [0.3, 0.4) is 0 Å². The van der Waals surface area contributed by atoms with Crippen LogP contribution in [0.15, 0.2) is 0 Å². The van der Waals surface area contributed by atoms with E-state index in [2.05, 4.69) is 4.74 Å². The molecule has 0 aromatic heterocycles. The van der Waals surface area contributed by atoms with Crippen molar-refractivity contribution < 1.29 is 33.3 Å². The molecule has 0 aromatic carbocycles. The summed E-state index contributed by atoms with van der Waals surface area (Å²) in [5.41, 5.74) is 0. The van der Waals surface area contributed by atoms with Gasteiger partial charge in [0.2, 0.25) is 0 Å².